The van der Waals surface area contributed by atoms with Gasteiger partial charge in [-0.15, -0.1) is 0 Å². The Morgan fingerprint density at radius 2 is 1.70 bits per heavy atom. The third-order valence-electron chi connectivity index (χ3n) is 2.66. The van der Waals surface area contributed by atoms with E-state index in [2.05, 4.69) is 4.74 Å². The van der Waals surface area contributed by atoms with Gasteiger partial charge in [0.25, 0.3) is 0 Å². The highest BCUT2D eigenvalue weighted by atomic mass is 16.5. The van der Waals surface area contributed by atoms with Crippen molar-refractivity contribution in [2.24, 2.45) is 0 Å². The summed E-state index contributed by atoms with van der Waals surface area (Å²) in [5.41, 5.74) is 1.48. The molecular formula is C15H14NO4+. The predicted molar refractivity (Wildman–Crippen MR) is 70.1 cm³/mol. The van der Waals surface area contributed by atoms with Crippen LogP contribution in [0.15, 0.2) is 54.9 Å². The van der Waals surface area contributed by atoms with Gasteiger partial charge in [-0.25, -0.2) is 14.2 Å². The molecule has 0 fully saturated rings. The van der Waals surface area contributed by atoms with E-state index in [0.717, 1.165) is 5.56 Å². The quantitative estimate of drug-likeness (QED) is 0.657. The van der Waals surface area contributed by atoms with Gasteiger partial charge in [0.15, 0.2) is 25.5 Å². The van der Waals surface area contributed by atoms with Crippen LogP contribution < -0.4 is 4.57 Å². The summed E-state index contributed by atoms with van der Waals surface area (Å²) in [6.07, 6.45) is 3.51. The van der Waals surface area contributed by atoms with Gasteiger partial charge >= 0.3 is 11.9 Å². The van der Waals surface area contributed by atoms with Crippen molar-refractivity contribution in [3.8, 4) is 0 Å². The Labute approximate surface area is 116 Å². The molecule has 0 amide bonds. The number of nitrogens with zero attached hydrogens (tertiary/aromatic N) is 1. The average molecular weight is 272 g/mol. The first kappa shape index (κ1) is 13.7. The van der Waals surface area contributed by atoms with Gasteiger partial charge in [-0.2, -0.15) is 0 Å². The lowest BCUT2D eigenvalue weighted by atomic mass is 10.2. The molecule has 20 heavy (non-hydrogen) atoms. The van der Waals surface area contributed by atoms with E-state index in [9.17, 15) is 9.59 Å². The number of pyridine rings is 1. The molecule has 2 rings (SSSR count). The molecule has 0 saturated carbocycles. The zero-order chi connectivity index (χ0) is 14.4. The lowest BCUT2D eigenvalue weighted by Crippen LogP contribution is -2.33. The molecule has 0 atom stereocenters. The summed E-state index contributed by atoms with van der Waals surface area (Å²) in [7, 11) is 0. The van der Waals surface area contributed by atoms with Crippen LogP contribution in [-0.2, 0) is 16.1 Å². The van der Waals surface area contributed by atoms with Crippen molar-refractivity contribution in [1.29, 1.82) is 0 Å². The maximum absolute atomic E-state index is 11.5. The molecule has 0 bridgehead atoms. The summed E-state index contributed by atoms with van der Waals surface area (Å²) < 4.78 is 6.52. The van der Waals surface area contributed by atoms with Gasteiger partial charge in [0.2, 0.25) is 0 Å². The number of hydrogen-bond donors (Lipinski definition) is 1. The van der Waals surface area contributed by atoms with Crippen LogP contribution in [0.2, 0.25) is 0 Å². The third kappa shape index (κ3) is 3.91. The SMILES string of the molecule is O=C(O)COC(=O)c1cc[n+](Cc2ccccc2)cc1. The predicted octanol–water partition coefficient (Wildman–Crippen LogP) is 1.26. The molecule has 1 N–H and O–H groups in total. The summed E-state index contributed by atoms with van der Waals surface area (Å²) >= 11 is 0. The van der Waals surface area contributed by atoms with Crippen LogP contribution in [0.25, 0.3) is 0 Å². The summed E-state index contributed by atoms with van der Waals surface area (Å²) in [6.45, 7) is 0.0725. The van der Waals surface area contributed by atoms with E-state index < -0.39 is 18.5 Å². The second kappa shape index (κ2) is 6.47. The molecule has 1 heterocycles. The molecule has 0 radical (unpaired) electrons. The van der Waals surface area contributed by atoms with Gasteiger partial charge in [-0.05, 0) is 0 Å². The average Bonchev–Trinajstić information content (AvgIpc) is 2.46. The number of benzene rings is 1. The normalized spacial score (nSPS) is 10.0. The fourth-order valence-corrected chi connectivity index (χ4v) is 1.70. The molecule has 1 aromatic carbocycles. The Bertz CT molecular complexity index is 593. The fourth-order valence-electron chi connectivity index (χ4n) is 1.70. The van der Waals surface area contributed by atoms with E-state index in [4.69, 9.17) is 5.11 Å². The summed E-state index contributed by atoms with van der Waals surface area (Å²) in [6, 6.07) is 13.1. The van der Waals surface area contributed by atoms with Gasteiger partial charge in [0, 0.05) is 17.7 Å². The van der Waals surface area contributed by atoms with Gasteiger partial charge in [-0.3, -0.25) is 0 Å². The summed E-state index contributed by atoms with van der Waals surface area (Å²) in [5.74, 6) is -1.81. The number of carbonyl (C=O) groups excluding carboxylic acids is 1. The van der Waals surface area contributed by atoms with Gasteiger partial charge in [0.05, 0.1) is 5.56 Å². The Hall–Kier alpha value is -2.69. The Kier molecular flexibility index (Phi) is 4.44. The van der Waals surface area contributed by atoms with Crippen LogP contribution >= 0.6 is 0 Å². The number of ether oxygens (including phenoxy) is 1. The summed E-state index contributed by atoms with van der Waals surface area (Å²) in [5, 5.41) is 8.44. The first-order valence-electron chi connectivity index (χ1n) is 6.07. The van der Waals surface area contributed by atoms with Crippen LogP contribution in [0.1, 0.15) is 15.9 Å². The zero-order valence-electron chi connectivity index (χ0n) is 10.7. The lowest BCUT2D eigenvalue weighted by molar-refractivity contribution is -0.688. The maximum Gasteiger partial charge on any atom is 0.341 e. The standard InChI is InChI=1S/C15H13NO4/c17-14(18)11-20-15(19)13-6-8-16(9-7-13)10-12-4-2-1-3-5-12/h1-9H,10-11H2/p+1. The van der Waals surface area contributed by atoms with E-state index in [0.29, 0.717) is 12.1 Å². The van der Waals surface area contributed by atoms with Crippen LogP contribution in [0.4, 0.5) is 0 Å². The van der Waals surface area contributed by atoms with Crippen LogP contribution in [0.5, 0.6) is 0 Å². The first-order valence-corrected chi connectivity index (χ1v) is 6.07. The van der Waals surface area contributed by atoms with Crippen molar-refractivity contribution in [3.63, 3.8) is 0 Å². The molecule has 5 heteroatoms. The highest BCUT2D eigenvalue weighted by molar-refractivity contribution is 5.90. The second-order valence-corrected chi connectivity index (χ2v) is 4.21. The molecule has 2 aromatic rings. The maximum atomic E-state index is 11.5. The highest BCUT2D eigenvalue weighted by Gasteiger charge is 2.11. The number of aromatic nitrogens is 1. The van der Waals surface area contributed by atoms with E-state index in [-0.39, 0.29) is 0 Å². The number of aliphatic carboxylic acids is 1. The number of carboxylic acid groups (broad SMARTS) is 1. The molecular weight excluding hydrogens is 258 g/mol. The lowest BCUT2D eigenvalue weighted by Gasteiger charge is -2.01. The van der Waals surface area contributed by atoms with E-state index in [1.165, 1.54) is 0 Å². The Morgan fingerprint density at radius 3 is 2.30 bits per heavy atom. The fraction of sp³-hybridized carbons (Fsp3) is 0.133. The molecule has 0 spiro atoms. The zero-order valence-corrected chi connectivity index (χ0v) is 10.7. The van der Waals surface area contributed by atoms with Crippen molar-refractivity contribution in [3.05, 3.63) is 66.0 Å². The van der Waals surface area contributed by atoms with E-state index in [1.54, 1.807) is 24.5 Å². The molecule has 0 aliphatic heterocycles. The Morgan fingerprint density at radius 1 is 1.05 bits per heavy atom. The number of hydrogen-bond acceptors (Lipinski definition) is 3. The van der Waals surface area contributed by atoms with Crippen molar-refractivity contribution < 1.29 is 24.0 Å². The van der Waals surface area contributed by atoms with Crippen molar-refractivity contribution in [2.45, 2.75) is 6.54 Å². The first-order chi connectivity index (χ1) is 9.65. The largest absolute Gasteiger partial charge is 0.479 e. The van der Waals surface area contributed by atoms with Gasteiger partial charge in [-0.1, -0.05) is 30.3 Å². The minimum atomic E-state index is -1.17. The van der Waals surface area contributed by atoms with Crippen molar-refractivity contribution in [1.82, 2.24) is 0 Å². The molecule has 1 aromatic heterocycles. The minimum Gasteiger partial charge on any atom is -0.479 e. The monoisotopic (exact) mass is 272 g/mol. The number of carbonyl (C=O) groups is 2. The van der Waals surface area contributed by atoms with Crippen LogP contribution in [-0.4, -0.2) is 23.7 Å². The number of rotatable bonds is 5. The van der Waals surface area contributed by atoms with Crippen LogP contribution in [0, 0.1) is 0 Å². The molecule has 0 aliphatic rings. The Balaban J connectivity index is 1.99. The second-order valence-electron chi connectivity index (χ2n) is 4.21. The van der Waals surface area contributed by atoms with Gasteiger partial charge < -0.3 is 9.84 Å². The number of esters is 1. The highest BCUT2D eigenvalue weighted by Crippen LogP contribution is 2.01. The topological polar surface area (TPSA) is 67.5 Å². The minimum absolute atomic E-state index is 0.329. The molecule has 5 nitrogen and oxygen atoms in total. The van der Waals surface area contributed by atoms with Crippen molar-refractivity contribution >= 4 is 11.9 Å². The van der Waals surface area contributed by atoms with Crippen molar-refractivity contribution in [2.75, 3.05) is 6.61 Å². The summed E-state index contributed by atoms with van der Waals surface area (Å²) in [4.78, 5) is 21.8. The molecule has 0 aliphatic carbocycles. The van der Waals surface area contributed by atoms with Gasteiger partial charge in [0.1, 0.15) is 0 Å². The van der Waals surface area contributed by atoms with Crippen LogP contribution in [0.3, 0.4) is 0 Å². The molecule has 0 saturated heterocycles. The molecule has 0 unspecified atom stereocenters. The smallest absolute Gasteiger partial charge is 0.341 e. The third-order valence-corrected chi connectivity index (χ3v) is 2.66. The van der Waals surface area contributed by atoms with E-state index in [1.807, 2.05) is 34.9 Å². The van der Waals surface area contributed by atoms with E-state index >= 15 is 0 Å². The number of carboxylic acids is 1. The molecule has 102 valence electrons.